The van der Waals surface area contributed by atoms with E-state index in [-0.39, 0.29) is 17.1 Å². The van der Waals surface area contributed by atoms with Gasteiger partial charge in [0.15, 0.2) is 0 Å². The molecule has 0 aliphatic carbocycles. The Balaban J connectivity index is 1.69. The Bertz CT molecular complexity index is 870. The van der Waals surface area contributed by atoms with E-state index in [0.717, 1.165) is 28.6 Å². The number of carbonyl (C=O) groups excluding carboxylic acids is 1. The van der Waals surface area contributed by atoms with Crippen LogP contribution in [-0.4, -0.2) is 38.9 Å². The largest absolute Gasteiger partial charge is 0.497 e. The van der Waals surface area contributed by atoms with Gasteiger partial charge in [-0.15, -0.1) is 0 Å². The second-order valence-corrected chi connectivity index (χ2v) is 15.2. The van der Waals surface area contributed by atoms with E-state index < -0.39 is 8.07 Å². The molecular weight excluding hydrogens is 462 g/mol. The van der Waals surface area contributed by atoms with Crippen molar-refractivity contribution >= 4 is 35.8 Å². The van der Waals surface area contributed by atoms with Crippen LogP contribution in [0.4, 0.5) is 10.5 Å². The molecule has 1 aliphatic rings. The van der Waals surface area contributed by atoms with E-state index in [9.17, 15) is 4.79 Å². The van der Waals surface area contributed by atoms with Crippen molar-refractivity contribution in [3.63, 3.8) is 0 Å². The first-order valence-corrected chi connectivity index (χ1v) is 14.8. The Hall–Kier alpha value is -1.83. The monoisotopic (exact) mass is 491 g/mol. The van der Waals surface area contributed by atoms with Gasteiger partial charge in [0.25, 0.3) is 0 Å². The molecular formula is C23H30BrNO4Si. The van der Waals surface area contributed by atoms with Gasteiger partial charge in [-0.3, -0.25) is 4.90 Å². The van der Waals surface area contributed by atoms with Crippen molar-refractivity contribution in [2.75, 3.05) is 18.6 Å². The number of hydrogen-bond acceptors (Lipinski definition) is 4. The molecule has 1 heterocycles. The number of hydrogen-bond donors (Lipinski definition) is 0. The van der Waals surface area contributed by atoms with Crippen molar-refractivity contribution in [2.45, 2.75) is 49.8 Å². The summed E-state index contributed by atoms with van der Waals surface area (Å²) in [7, 11) is 0.375. The Morgan fingerprint density at radius 2 is 1.97 bits per heavy atom. The van der Waals surface area contributed by atoms with Crippen LogP contribution in [0.15, 0.2) is 48.5 Å². The van der Waals surface area contributed by atoms with Gasteiger partial charge < -0.3 is 14.2 Å². The summed E-state index contributed by atoms with van der Waals surface area (Å²) in [6.07, 6.45) is 0.408. The van der Waals surface area contributed by atoms with Gasteiger partial charge in [-0.2, -0.15) is 0 Å². The van der Waals surface area contributed by atoms with Crippen LogP contribution in [0.2, 0.25) is 25.7 Å². The summed E-state index contributed by atoms with van der Waals surface area (Å²) in [4.78, 5) is 14.7. The topological polar surface area (TPSA) is 48.0 Å². The molecule has 0 saturated heterocycles. The third-order valence-corrected chi connectivity index (χ3v) is 7.71. The fourth-order valence-corrected chi connectivity index (χ4v) is 4.69. The molecule has 2 aromatic rings. The average molecular weight is 492 g/mol. The van der Waals surface area contributed by atoms with E-state index in [0.29, 0.717) is 19.6 Å². The summed E-state index contributed by atoms with van der Waals surface area (Å²) >= 11 is 3.67. The predicted molar refractivity (Wildman–Crippen MR) is 126 cm³/mol. The molecule has 0 aromatic heterocycles. The zero-order valence-corrected chi connectivity index (χ0v) is 20.6. The molecule has 2 unspecified atom stereocenters. The Labute approximate surface area is 188 Å². The number of carbonyl (C=O) groups is 1. The van der Waals surface area contributed by atoms with E-state index in [4.69, 9.17) is 14.2 Å². The van der Waals surface area contributed by atoms with Crippen LogP contribution in [0, 0.1) is 0 Å². The highest BCUT2D eigenvalue weighted by Gasteiger charge is 2.39. The van der Waals surface area contributed by atoms with Crippen molar-refractivity contribution in [2.24, 2.45) is 0 Å². The van der Waals surface area contributed by atoms with Gasteiger partial charge in [-0.1, -0.05) is 65.9 Å². The van der Waals surface area contributed by atoms with Gasteiger partial charge in [0, 0.05) is 8.07 Å². The summed E-state index contributed by atoms with van der Waals surface area (Å²) in [6.45, 7) is 7.69. The van der Waals surface area contributed by atoms with E-state index in [1.54, 1.807) is 12.0 Å². The maximum atomic E-state index is 13.0. The molecule has 0 spiro atoms. The minimum atomic E-state index is -1.27. The lowest BCUT2D eigenvalue weighted by Crippen LogP contribution is -2.44. The molecule has 3 rings (SSSR count). The number of rotatable bonds is 8. The second kappa shape index (κ2) is 9.98. The first-order chi connectivity index (χ1) is 14.3. The van der Waals surface area contributed by atoms with Crippen LogP contribution in [-0.2, 0) is 22.5 Å². The highest BCUT2D eigenvalue weighted by Crippen LogP contribution is 2.36. The molecule has 0 fully saturated rings. The fourth-order valence-electron chi connectivity index (χ4n) is 3.42. The third kappa shape index (κ3) is 5.86. The van der Waals surface area contributed by atoms with Gasteiger partial charge in [0.05, 0.1) is 32.1 Å². The highest BCUT2D eigenvalue weighted by molar-refractivity contribution is 9.09. The fraction of sp³-hybridized carbons (Fsp3) is 0.435. The van der Waals surface area contributed by atoms with Crippen molar-refractivity contribution in [1.82, 2.24) is 0 Å². The number of fused-ring (bicyclic) bond motifs is 1. The number of benzene rings is 2. The molecule has 2 aromatic carbocycles. The average Bonchev–Trinajstić information content (AvgIpc) is 3.11. The van der Waals surface area contributed by atoms with E-state index in [2.05, 4.69) is 41.6 Å². The number of ether oxygens (including phenoxy) is 3. The number of para-hydroxylation sites is 1. The number of methoxy groups -OCH3 is 1. The van der Waals surface area contributed by atoms with E-state index in [1.165, 1.54) is 0 Å². The third-order valence-electron chi connectivity index (χ3n) is 5.13. The summed E-state index contributed by atoms with van der Waals surface area (Å²) in [6, 6.07) is 16.5. The van der Waals surface area contributed by atoms with Crippen LogP contribution < -0.4 is 9.64 Å². The maximum Gasteiger partial charge on any atom is 0.414 e. The first-order valence-electron chi connectivity index (χ1n) is 10.2. The van der Waals surface area contributed by atoms with Crippen LogP contribution in [0.1, 0.15) is 11.1 Å². The molecule has 0 radical (unpaired) electrons. The van der Waals surface area contributed by atoms with Crippen LogP contribution >= 0.6 is 15.9 Å². The van der Waals surface area contributed by atoms with Crippen molar-refractivity contribution in [3.05, 3.63) is 59.7 Å². The molecule has 0 N–H and O–H groups in total. The van der Waals surface area contributed by atoms with Gasteiger partial charge >= 0.3 is 6.09 Å². The Morgan fingerprint density at radius 3 is 2.70 bits per heavy atom. The summed E-state index contributed by atoms with van der Waals surface area (Å²) < 4.78 is 17.0. The molecule has 7 heteroatoms. The standard InChI is InChI=1S/C23H30BrNO4Si/c1-27-19-10-7-8-17(14-19)16-29-22(24)21-15-18-9-5-6-11-20(18)25(21)23(26)28-12-13-30(2,3)4/h5-11,14,21-22H,12-13,15-16H2,1-4H3. The minimum Gasteiger partial charge on any atom is -0.497 e. The van der Waals surface area contributed by atoms with Crippen molar-refractivity contribution < 1.29 is 19.0 Å². The Morgan fingerprint density at radius 1 is 1.20 bits per heavy atom. The molecule has 1 aliphatic heterocycles. The van der Waals surface area contributed by atoms with Crippen LogP contribution in [0.25, 0.3) is 0 Å². The predicted octanol–water partition coefficient (Wildman–Crippen LogP) is 5.84. The Kier molecular flexibility index (Phi) is 7.60. The van der Waals surface area contributed by atoms with Gasteiger partial charge in [0.1, 0.15) is 10.8 Å². The lowest BCUT2D eigenvalue weighted by molar-refractivity contribution is 0.0835. The molecule has 1 amide bonds. The zero-order chi connectivity index (χ0) is 21.7. The van der Waals surface area contributed by atoms with Gasteiger partial charge in [0.2, 0.25) is 0 Å². The number of nitrogens with zero attached hydrogens (tertiary/aromatic N) is 1. The zero-order valence-electron chi connectivity index (χ0n) is 18.1. The molecule has 162 valence electrons. The second-order valence-electron chi connectivity index (χ2n) is 8.71. The lowest BCUT2D eigenvalue weighted by atomic mass is 10.1. The minimum absolute atomic E-state index is 0.174. The lowest BCUT2D eigenvalue weighted by Gasteiger charge is -2.29. The molecule has 5 nitrogen and oxygen atoms in total. The summed E-state index contributed by atoms with van der Waals surface area (Å²) in [5.74, 6) is 0.795. The highest BCUT2D eigenvalue weighted by atomic mass is 79.9. The summed E-state index contributed by atoms with van der Waals surface area (Å²) in [5, 5.41) is -0.333. The first kappa shape index (κ1) is 22.8. The number of amides is 1. The van der Waals surface area contributed by atoms with Crippen LogP contribution in [0.3, 0.4) is 0 Å². The van der Waals surface area contributed by atoms with E-state index in [1.807, 2.05) is 42.5 Å². The number of alkyl halides is 1. The van der Waals surface area contributed by atoms with Crippen molar-refractivity contribution in [3.8, 4) is 5.75 Å². The van der Waals surface area contributed by atoms with Gasteiger partial charge in [-0.05, 0) is 41.8 Å². The number of anilines is 1. The SMILES string of the molecule is COc1cccc(COC(Br)C2Cc3ccccc3N2C(=O)OCC[Si](C)(C)C)c1. The molecule has 0 bridgehead atoms. The van der Waals surface area contributed by atoms with Crippen LogP contribution in [0.5, 0.6) is 5.75 Å². The molecule has 2 atom stereocenters. The molecule has 0 saturated carbocycles. The van der Waals surface area contributed by atoms with Gasteiger partial charge in [-0.25, -0.2) is 4.79 Å². The quantitative estimate of drug-likeness (QED) is 0.343. The normalized spacial score (nSPS) is 16.8. The summed E-state index contributed by atoms with van der Waals surface area (Å²) in [5.41, 5.74) is 3.03. The van der Waals surface area contributed by atoms with Crippen molar-refractivity contribution in [1.29, 1.82) is 0 Å². The smallest absolute Gasteiger partial charge is 0.414 e. The maximum absolute atomic E-state index is 13.0. The molecule has 30 heavy (non-hydrogen) atoms. The number of halogens is 1. The van der Waals surface area contributed by atoms with E-state index >= 15 is 0 Å².